The summed E-state index contributed by atoms with van der Waals surface area (Å²) in [6.45, 7) is 4.82. The summed E-state index contributed by atoms with van der Waals surface area (Å²) in [6, 6.07) is 5.66. The summed E-state index contributed by atoms with van der Waals surface area (Å²) >= 11 is 0. The topological polar surface area (TPSA) is 80.3 Å². The second-order valence-corrected chi connectivity index (χ2v) is 5.63. The lowest BCUT2D eigenvalue weighted by molar-refractivity contribution is -0.114. The second kappa shape index (κ2) is 7.74. The number of pyridine rings is 1. The minimum atomic E-state index is -0.494. The van der Waals surface area contributed by atoms with Crippen molar-refractivity contribution in [1.29, 1.82) is 0 Å². The monoisotopic (exact) mass is 345 g/mol. The summed E-state index contributed by atoms with van der Waals surface area (Å²) in [5.41, 5.74) is 1.91. The lowest BCUT2D eigenvalue weighted by Gasteiger charge is -2.16. The smallest absolute Gasteiger partial charge is 0.253 e. The molecule has 0 bridgehead atoms. The Bertz CT molecular complexity index is 808. The van der Waals surface area contributed by atoms with Gasteiger partial charge >= 0.3 is 0 Å². The molecule has 7 heteroatoms. The van der Waals surface area contributed by atoms with Crippen molar-refractivity contribution in [1.82, 2.24) is 10.3 Å². The molecule has 0 radical (unpaired) electrons. The maximum atomic E-state index is 13.8. The number of rotatable bonds is 5. The number of aryl methyl sites for hydroxylation is 1. The Labute approximate surface area is 145 Å². The van der Waals surface area contributed by atoms with Crippen LogP contribution in [0.4, 0.5) is 10.1 Å². The van der Waals surface area contributed by atoms with Gasteiger partial charge in [0.1, 0.15) is 0 Å². The highest BCUT2D eigenvalue weighted by molar-refractivity contribution is 5.97. The van der Waals surface area contributed by atoms with Crippen molar-refractivity contribution in [2.45, 2.75) is 26.8 Å². The maximum Gasteiger partial charge on any atom is 0.253 e. The molecule has 1 aromatic carbocycles. The average molecular weight is 345 g/mol. The fraction of sp³-hybridized carbons (Fsp3) is 0.278. The summed E-state index contributed by atoms with van der Waals surface area (Å²) in [7, 11) is 1.39. The first-order chi connectivity index (χ1) is 11.8. The standard InChI is InChI=1S/C18H20FN3O3/c1-10(13-5-6-17(25-4)16(19)7-13)21-18(24)15-8-14(22-12(3)23)9-20-11(15)2/h5-10H,1-4H3,(H,21,24)(H,22,23). The number of nitrogens with one attached hydrogen (secondary N) is 2. The Balaban J connectivity index is 2.18. The van der Waals surface area contributed by atoms with Crippen LogP contribution in [0, 0.1) is 12.7 Å². The van der Waals surface area contributed by atoms with Crippen LogP contribution in [-0.2, 0) is 4.79 Å². The number of benzene rings is 1. The number of hydrogen-bond donors (Lipinski definition) is 2. The van der Waals surface area contributed by atoms with Crippen LogP contribution in [0.15, 0.2) is 30.5 Å². The highest BCUT2D eigenvalue weighted by atomic mass is 19.1. The molecular formula is C18H20FN3O3. The Morgan fingerprint density at radius 2 is 2.00 bits per heavy atom. The van der Waals surface area contributed by atoms with E-state index in [0.29, 0.717) is 22.5 Å². The van der Waals surface area contributed by atoms with Crippen LogP contribution >= 0.6 is 0 Å². The Morgan fingerprint density at radius 3 is 2.60 bits per heavy atom. The molecule has 1 aromatic heterocycles. The minimum absolute atomic E-state index is 0.144. The second-order valence-electron chi connectivity index (χ2n) is 5.63. The molecule has 0 aliphatic rings. The third kappa shape index (κ3) is 4.53. The van der Waals surface area contributed by atoms with Gasteiger partial charge in [0.15, 0.2) is 11.6 Å². The van der Waals surface area contributed by atoms with Gasteiger partial charge < -0.3 is 15.4 Å². The zero-order valence-corrected chi connectivity index (χ0v) is 14.5. The normalized spacial score (nSPS) is 11.6. The van der Waals surface area contributed by atoms with Gasteiger partial charge in [-0.1, -0.05) is 6.07 Å². The molecule has 1 atom stereocenters. The molecule has 2 N–H and O–H groups in total. The van der Waals surface area contributed by atoms with E-state index in [1.807, 2.05) is 0 Å². The maximum absolute atomic E-state index is 13.8. The summed E-state index contributed by atoms with van der Waals surface area (Å²) < 4.78 is 18.7. The van der Waals surface area contributed by atoms with Gasteiger partial charge in [-0.2, -0.15) is 0 Å². The van der Waals surface area contributed by atoms with E-state index in [2.05, 4.69) is 15.6 Å². The number of halogens is 1. The SMILES string of the molecule is COc1ccc(C(C)NC(=O)c2cc(NC(C)=O)cnc2C)cc1F. The van der Waals surface area contributed by atoms with E-state index in [9.17, 15) is 14.0 Å². The van der Waals surface area contributed by atoms with Gasteiger partial charge in [0.2, 0.25) is 5.91 Å². The fourth-order valence-electron chi connectivity index (χ4n) is 2.34. The molecule has 1 heterocycles. The number of amides is 2. The highest BCUT2D eigenvalue weighted by Gasteiger charge is 2.16. The van der Waals surface area contributed by atoms with Crippen LogP contribution in [-0.4, -0.2) is 23.9 Å². The van der Waals surface area contributed by atoms with Gasteiger partial charge in [-0.15, -0.1) is 0 Å². The first kappa shape index (κ1) is 18.4. The number of hydrogen-bond acceptors (Lipinski definition) is 4. The van der Waals surface area contributed by atoms with Crippen molar-refractivity contribution in [3.8, 4) is 5.75 Å². The van der Waals surface area contributed by atoms with Gasteiger partial charge in [-0.3, -0.25) is 14.6 Å². The number of aromatic nitrogens is 1. The molecule has 2 amide bonds. The van der Waals surface area contributed by atoms with E-state index in [1.54, 1.807) is 26.0 Å². The first-order valence-electron chi connectivity index (χ1n) is 7.70. The number of methoxy groups -OCH3 is 1. The molecule has 0 saturated heterocycles. The molecule has 1 unspecified atom stereocenters. The average Bonchev–Trinajstić information content (AvgIpc) is 2.55. The number of carbonyl (C=O) groups excluding carboxylic acids is 2. The van der Waals surface area contributed by atoms with E-state index < -0.39 is 11.9 Å². The van der Waals surface area contributed by atoms with Crippen LogP contribution in [0.3, 0.4) is 0 Å². The van der Waals surface area contributed by atoms with Crippen molar-refractivity contribution in [3.63, 3.8) is 0 Å². The number of anilines is 1. The Hall–Kier alpha value is -2.96. The van der Waals surface area contributed by atoms with Crippen molar-refractivity contribution in [2.24, 2.45) is 0 Å². The Morgan fingerprint density at radius 1 is 1.28 bits per heavy atom. The van der Waals surface area contributed by atoms with Crippen LogP contribution in [0.25, 0.3) is 0 Å². The molecule has 0 aliphatic carbocycles. The summed E-state index contributed by atoms with van der Waals surface area (Å²) in [4.78, 5) is 27.8. The summed E-state index contributed by atoms with van der Waals surface area (Å²) in [6.07, 6.45) is 1.48. The third-order valence-electron chi connectivity index (χ3n) is 3.68. The van der Waals surface area contributed by atoms with Crippen LogP contribution in [0.5, 0.6) is 5.75 Å². The number of carbonyl (C=O) groups is 2. The quantitative estimate of drug-likeness (QED) is 0.873. The van der Waals surface area contributed by atoms with Crippen LogP contribution in [0.2, 0.25) is 0 Å². The molecule has 0 spiro atoms. The highest BCUT2D eigenvalue weighted by Crippen LogP contribution is 2.22. The van der Waals surface area contributed by atoms with E-state index in [-0.39, 0.29) is 17.6 Å². The number of ether oxygens (including phenoxy) is 1. The van der Waals surface area contributed by atoms with Crippen molar-refractivity contribution < 1.29 is 18.7 Å². The molecule has 0 aliphatic heterocycles. The van der Waals surface area contributed by atoms with E-state index >= 15 is 0 Å². The predicted molar refractivity (Wildman–Crippen MR) is 92.1 cm³/mol. The zero-order chi connectivity index (χ0) is 18.6. The molecule has 25 heavy (non-hydrogen) atoms. The summed E-state index contributed by atoms with van der Waals surface area (Å²) in [5.74, 6) is -0.961. The van der Waals surface area contributed by atoms with E-state index in [1.165, 1.54) is 32.4 Å². The van der Waals surface area contributed by atoms with Crippen molar-refractivity contribution >= 4 is 17.5 Å². The van der Waals surface area contributed by atoms with E-state index in [0.717, 1.165) is 0 Å². The van der Waals surface area contributed by atoms with Crippen LogP contribution in [0.1, 0.15) is 41.5 Å². The molecule has 0 saturated carbocycles. The van der Waals surface area contributed by atoms with Gasteiger partial charge in [-0.25, -0.2) is 4.39 Å². The Kier molecular flexibility index (Phi) is 5.69. The molecule has 6 nitrogen and oxygen atoms in total. The van der Waals surface area contributed by atoms with Gasteiger partial charge in [0, 0.05) is 6.92 Å². The van der Waals surface area contributed by atoms with Gasteiger partial charge in [0.25, 0.3) is 5.91 Å². The predicted octanol–water partition coefficient (Wildman–Crippen LogP) is 2.99. The van der Waals surface area contributed by atoms with E-state index in [4.69, 9.17) is 4.74 Å². The zero-order valence-electron chi connectivity index (χ0n) is 14.5. The van der Waals surface area contributed by atoms with Gasteiger partial charge in [-0.05, 0) is 37.6 Å². The molecule has 132 valence electrons. The first-order valence-corrected chi connectivity index (χ1v) is 7.70. The molecular weight excluding hydrogens is 325 g/mol. The van der Waals surface area contributed by atoms with Crippen molar-refractivity contribution in [3.05, 3.63) is 53.1 Å². The molecule has 2 aromatic rings. The van der Waals surface area contributed by atoms with Gasteiger partial charge in [0.05, 0.1) is 36.3 Å². The lowest BCUT2D eigenvalue weighted by Crippen LogP contribution is -2.27. The third-order valence-corrected chi connectivity index (χ3v) is 3.68. The minimum Gasteiger partial charge on any atom is -0.494 e. The largest absolute Gasteiger partial charge is 0.494 e. The number of nitrogens with zero attached hydrogens (tertiary/aromatic N) is 1. The summed E-state index contributed by atoms with van der Waals surface area (Å²) in [5, 5.41) is 5.39. The fourth-order valence-corrected chi connectivity index (χ4v) is 2.34. The molecule has 0 fully saturated rings. The molecule has 2 rings (SSSR count). The lowest BCUT2D eigenvalue weighted by atomic mass is 10.1. The van der Waals surface area contributed by atoms with Crippen LogP contribution < -0.4 is 15.4 Å². The van der Waals surface area contributed by atoms with Crippen molar-refractivity contribution in [2.75, 3.05) is 12.4 Å².